The number of aromatic nitrogens is 1. The highest BCUT2D eigenvalue weighted by Gasteiger charge is 2.20. The first-order chi connectivity index (χ1) is 6.06. The molecule has 0 saturated carbocycles. The minimum atomic E-state index is -0.479. The molecular weight excluding hydrogens is 171 g/mol. The Balaban J connectivity index is 2.87. The average Bonchev–Trinajstić information content (AvgIpc) is 2.05. The summed E-state index contributed by atoms with van der Waals surface area (Å²) in [6, 6.07) is 3.01. The van der Waals surface area contributed by atoms with Crippen molar-refractivity contribution in [1.82, 2.24) is 4.98 Å². The Kier molecular flexibility index (Phi) is 2.95. The first-order valence-electron chi connectivity index (χ1n) is 4.00. The lowest BCUT2D eigenvalue weighted by atomic mass is 9.87. The molecule has 0 aromatic carbocycles. The standard InChI is InChI=1S/C9H13FN2O/c1-9(2,6-13-11)7-3-4-8(10)12-5-7/h3-5H,6,11H2,1-2H3. The zero-order chi connectivity index (χ0) is 9.90. The van der Waals surface area contributed by atoms with Crippen LogP contribution >= 0.6 is 0 Å². The van der Waals surface area contributed by atoms with Gasteiger partial charge in [-0.3, -0.25) is 0 Å². The second kappa shape index (κ2) is 3.81. The third-order valence-electron chi connectivity index (χ3n) is 1.95. The molecule has 0 bridgehead atoms. The summed E-state index contributed by atoms with van der Waals surface area (Å²) in [5.41, 5.74) is 0.662. The third kappa shape index (κ3) is 2.47. The summed E-state index contributed by atoms with van der Waals surface area (Å²) in [5, 5.41) is 0. The van der Waals surface area contributed by atoms with Crippen LogP contribution in [-0.4, -0.2) is 11.6 Å². The summed E-state index contributed by atoms with van der Waals surface area (Å²) in [4.78, 5) is 8.13. The van der Waals surface area contributed by atoms with Gasteiger partial charge in [0.05, 0.1) is 6.61 Å². The molecule has 0 aliphatic heterocycles. The highest BCUT2D eigenvalue weighted by molar-refractivity contribution is 5.19. The molecule has 0 aliphatic carbocycles. The monoisotopic (exact) mass is 184 g/mol. The zero-order valence-corrected chi connectivity index (χ0v) is 7.75. The number of rotatable bonds is 3. The van der Waals surface area contributed by atoms with Gasteiger partial charge < -0.3 is 4.84 Å². The van der Waals surface area contributed by atoms with Crippen LogP contribution in [-0.2, 0) is 10.3 Å². The van der Waals surface area contributed by atoms with E-state index in [-0.39, 0.29) is 5.41 Å². The van der Waals surface area contributed by atoms with Crippen LogP contribution in [0.1, 0.15) is 19.4 Å². The van der Waals surface area contributed by atoms with Gasteiger partial charge in [0.2, 0.25) is 5.95 Å². The molecule has 1 heterocycles. The molecule has 0 atom stereocenters. The summed E-state index contributed by atoms with van der Waals surface area (Å²) in [6.07, 6.45) is 1.49. The lowest BCUT2D eigenvalue weighted by Crippen LogP contribution is -2.26. The first kappa shape index (κ1) is 10.1. The summed E-state index contributed by atoms with van der Waals surface area (Å²) in [5.74, 6) is 4.51. The van der Waals surface area contributed by atoms with E-state index < -0.39 is 5.95 Å². The Morgan fingerprint density at radius 1 is 1.54 bits per heavy atom. The quantitative estimate of drug-likeness (QED) is 0.570. The van der Waals surface area contributed by atoms with Gasteiger partial charge in [-0.05, 0) is 11.6 Å². The fourth-order valence-corrected chi connectivity index (χ4v) is 1.07. The van der Waals surface area contributed by atoms with Gasteiger partial charge in [-0.2, -0.15) is 4.39 Å². The fourth-order valence-electron chi connectivity index (χ4n) is 1.07. The van der Waals surface area contributed by atoms with Crippen LogP contribution in [0.15, 0.2) is 18.3 Å². The zero-order valence-electron chi connectivity index (χ0n) is 7.75. The van der Waals surface area contributed by atoms with Crippen LogP contribution in [0.4, 0.5) is 4.39 Å². The predicted octanol–water partition coefficient (Wildman–Crippen LogP) is 1.39. The van der Waals surface area contributed by atoms with Crippen molar-refractivity contribution in [3.8, 4) is 0 Å². The lowest BCUT2D eigenvalue weighted by Gasteiger charge is -2.22. The molecule has 2 N–H and O–H groups in total. The van der Waals surface area contributed by atoms with Crippen LogP contribution in [0.25, 0.3) is 0 Å². The average molecular weight is 184 g/mol. The number of nitrogens with two attached hydrogens (primary N) is 1. The van der Waals surface area contributed by atoms with E-state index in [0.717, 1.165) is 5.56 Å². The fraction of sp³-hybridized carbons (Fsp3) is 0.444. The minimum Gasteiger partial charge on any atom is -0.304 e. The molecule has 72 valence electrons. The summed E-state index contributed by atoms with van der Waals surface area (Å²) in [6.45, 7) is 4.28. The topological polar surface area (TPSA) is 48.1 Å². The third-order valence-corrected chi connectivity index (χ3v) is 1.95. The lowest BCUT2D eigenvalue weighted by molar-refractivity contribution is 0.0962. The van der Waals surface area contributed by atoms with E-state index in [9.17, 15) is 4.39 Å². The smallest absolute Gasteiger partial charge is 0.212 e. The Bertz CT molecular complexity index is 271. The van der Waals surface area contributed by atoms with Crippen molar-refractivity contribution in [2.24, 2.45) is 5.90 Å². The largest absolute Gasteiger partial charge is 0.304 e. The van der Waals surface area contributed by atoms with E-state index in [2.05, 4.69) is 9.82 Å². The number of pyridine rings is 1. The normalized spacial score (nSPS) is 11.7. The molecule has 13 heavy (non-hydrogen) atoms. The highest BCUT2D eigenvalue weighted by Crippen LogP contribution is 2.21. The van der Waals surface area contributed by atoms with E-state index in [1.165, 1.54) is 12.3 Å². The van der Waals surface area contributed by atoms with E-state index in [0.29, 0.717) is 6.61 Å². The van der Waals surface area contributed by atoms with Gasteiger partial charge in [0, 0.05) is 11.6 Å². The first-order valence-corrected chi connectivity index (χ1v) is 4.00. The molecule has 0 saturated heterocycles. The molecule has 0 amide bonds. The predicted molar refractivity (Wildman–Crippen MR) is 47.4 cm³/mol. The summed E-state index contributed by atoms with van der Waals surface area (Å²) >= 11 is 0. The van der Waals surface area contributed by atoms with E-state index in [4.69, 9.17) is 5.90 Å². The van der Waals surface area contributed by atoms with Crippen LogP contribution in [0, 0.1) is 5.95 Å². The van der Waals surface area contributed by atoms with Crippen molar-refractivity contribution >= 4 is 0 Å². The Morgan fingerprint density at radius 3 is 2.69 bits per heavy atom. The molecule has 1 rings (SSSR count). The van der Waals surface area contributed by atoms with Crippen LogP contribution in [0.5, 0.6) is 0 Å². The second-order valence-electron chi connectivity index (χ2n) is 3.56. The van der Waals surface area contributed by atoms with Crippen molar-refractivity contribution in [1.29, 1.82) is 0 Å². The molecule has 0 radical (unpaired) electrons. The molecule has 0 fully saturated rings. The number of hydrogen-bond donors (Lipinski definition) is 1. The van der Waals surface area contributed by atoms with Crippen molar-refractivity contribution in [3.05, 3.63) is 29.8 Å². The van der Waals surface area contributed by atoms with E-state index in [1.807, 2.05) is 13.8 Å². The number of halogens is 1. The van der Waals surface area contributed by atoms with Gasteiger partial charge in [0.15, 0.2) is 0 Å². The van der Waals surface area contributed by atoms with Gasteiger partial charge >= 0.3 is 0 Å². The van der Waals surface area contributed by atoms with Crippen LogP contribution < -0.4 is 5.90 Å². The van der Waals surface area contributed by atoms with Gasteiger partial charge in [-0.15, -0.1) is 0 Å². The van der Waals surface area contributed by atoms with Crippen molar-refractivity contribution in [3.63, 3.8) is 0 Å². The molecule has 4 heteroatoms. The van der Waals surface area contributed by atoms with Gasteiger partial charge in [0.25, 0.3) is 0 Å². The van der Waals surface area contributed by atoms with Crippen molar-refractivity contribution < 1.29 is 9.23 Å². The maximum absolute atomic E-state index is 12.5. The maximum Gasteiger partial charge on any atom is 0.212 e. The van der Waals surface area contributed by atoms with Gasteiger partial charge in [-0.1, -0.05) is 19.9 Å². The Morgan fingerprint density at radius 2 is 2.23 bits per heavy atom. The highest BCUT2D eigenvalue weighted by atomic mass is 19.1. The molecule has 0 unspecified atom stereocenters. The summed E-state index contributed by atoms with van der Waals surface area (Å²) < 4.78 is 12.5. The van der Waals surface area contributed by atoms with Crippen LogP contribution in [0.3, 0.4) is 0 Å². The van der Waals surface area contributed by atoms with E-state index >= 15 is 0 Å². The molecule has 0 aliphatic rings. The van der Waals surface area contributed by atoms with Gasteiger partial charge in [-0.25, -0.2) is 10.9 Å². The number of nitrogens with zero attached hydrogens (tertiary/aromatic N) is 1. The number of hydrogen-bond acceptors (Lipinski definition) is 3. The SMILES string of the molecule is CC(C)(CON)c1ccc(F)nc1. The summed E-state index contributed by atoms with van der Waals surface area (Å²) in [7, 11) is 0. The molecular formula is C9H13FN2O. The Labute approximate surface area is 76.7 Å². The maximum atomic E-state index is 12.5. The second-order valence-corrected chi connectivity index (χ2v) is 3.56. The Hall–Kier alpha value is -1.00. The van der Waals surface area contributed by atoms with E-state index in [1.54, 1.807) is 6.07 Å². The molecule has 1 aromatic rings. The molecule has 1 aromatic heterocycles. The van der Waals surface area contributed by atoms with Crippen molar-refractivity contribution in [2.45, 2.75) is 19.3 Å². The molecule has 0 spiro atoms. The van der Waals surface area contributed by atoms with Crippen LogP contribution in [0.2, 0.25) is 0 Å². The molecule has 3 nitrogen and oxygen atoms in total. The van der Waals surface area contributed by atoms with Crippen molar-refractivity contribution in [2.75, 3.05) is 6.61 Å². The minimum absolute atomic E-state index is 0.241. The van der Waals surface area contributed by atoms with Gasteiger partial charge in [0.1, 0.15) is 0 Å².